The molecule has 1 heterocycles. The van der Waals surface area contributed by atoms with E-state index in [1.807, 2.05) is 0 Å². The van der Waals surface area contributed by atoms with Gasteiger partial charge in [-0.3, -0.25) is 14.4 Å². The molecule has 0 spiro atoms. The minimum atomic E-state index is -1.03. The van der Waals surface area contributed by atoms with Gasteiger partial charge in [0.05, 0.1) is 0 Å². The molecule has 1 aromatic heterocycles. The number of aliphatic carboxylic acids is 1. The predicted octanol–water partition coefficient (Wildman–Crippen LogP) is -0.0304. The van der Waals surface area contributed by atoms with E-state index in [0.29, 0.717) is 0 Å². The lowest BCUT2D eigenvalue weighted by Gasteiger charge is -2.14. The Morgan fingerprint density at radius 3 is 2.75 bits per heavy atom. The zero-order chi connectivity index (χ0) is 14.7. The van der Waals surface area contributed by atoms with Gasteiger partial charge in [-0.15, -0.1) is 0 Å². The first-order chi connectivity index (χ1) is 9.47. The SMILES string of the molecule is CC(NC(=O)c1cccn1CC(=O)O)C(=O)NC1CC1. The number of amides is 2. The van der Waals surface area contributed by atoms with Gasteiger partial charge in [-0.1, -0.05) is 0 Å². The minimum Gasteiger partial charge on any atom is -0.480 e. The summed E-state index contributed by atoms with van der Waals surface area (Å²) in [7, 11) is 0. The number of nitrogens with zero attached hydrogens (tertiary/aromatic N) is 1. The number of carbonyl (C=O) groups is 3. The first-order valence-corrected chi connectivity index (χ1v) is 6.45. The maximum atomic E-state index is 12.0. The van der Waals surface area contributed by atoms with Crippen molar-refractivity contribution >= 4 is 17.8 Å². The third-order valence-corrected chi connectivity index (χ3v) is 3.03. The van der Waals surface area contributed by atoms with Gasteiger partial charge in [0.1, 0.15) is 18.3 Å². The average molecular weight is 279 g/mol. The van der Waals surface area contributed by atoms with Gasteiger partial charge in [0.2, 0.25) is 5.91 Å². The normalized spacial score (nSPS) is 15.4. The molecule has 1 aromatic rings. The molecule has 1 unspecified atom stereocenters. The third kappa shape index (κ3) is 3.59. The van der Waals surface area contributed by atoms with Crippen molar-refractivity contribution in [1.29, 1.82) is 0 Å². The largest absolute Gasteiger partial charge is 0.480 e. The first-order valence-electron chi connectivity index (χ1n) is 6.45. The Labute approximate surface area is 116 Å². The van der Waals surface area contributed by atoms with E-state index < -0.39 is 17.9 Å². The van der Waals surface area contributed by atoms with Gasteiger partial charge in [-0.2, -0.15) is 0 Å². The van der Waals surface area contributed by atoms with E-state index in [0.717, 1.165) is 12.8 Å². The van der Waals surface area contributed by atoms with E-state index in [4.69, 9.17) is 5.11 Å². The fraction of sp³-hybridized carbons (Fsp3) is 0.462. The van der Waals surface area contributed by atoms with Crippen molar-refractivity contribution in [2.24, 2.45) is 0 Å². The highest BCUT2D eigenvalue weighted by Gasteiger charge is 2.26. The summed E-state index contributed by atoms with van der Waals surface area (Å²) in [4.78, 5) is 34.4. The molecule has 3 N–H and O–H groups in total. The molecule has 20 heavy (non-hydrogen) atoms. The fourth-order valence-electron chi connectivity index (χ4n) is 1.79. The van der Waals surface area contributed by atoms with E-state index >= 15 is 0 Å². The Kier molecular flexibility index (Phi) is 4.07. The monoisotopic (exact) mass is 279 g/mol. The molecular weight excluding hydrogens is 262 g/mol. The second kappa shape index (κ2) is 5.77. The van der Waals surface area contributed by atoms with Gasteiger partial charge in [-0.25, -0.2) is 0 Å². The molecule has 108 valence electrons. The summed E-state index contributed by atoms with van der Waals surface area (Å²) < 4.78 is 1.32. The van der Waals surface area contributed by atoms with Crippen LogP contribution in [-0.2, 0) is 16.1 Å². The van der Waals surface area contributed by atoms with Gasteiger partial charge in [0, 0.05) is 12.2 Å². The molecule has 2 amide bonds. The van der Waals surface area contributed by atoms with Crippen molar-refractivity contribution in [2.75, 3.05) is 0 Å². The summed E-state index contributed by atoms with van der Waals surface area (Å²) in [5.41, 5.74) is 0.221. The van der Waals surface area contributed by atoms with Gasteiger partial charge >= 0.3 is 5.97 Å². The van der Waals surface area contributed by atoms with Crippen LogP contribution < -0.4 is 10.6 Å². The van der Waals surface area contributed by atoms with Crippen LogP contribution >= 0.6 is 0 Å². The summed E-state index contributed by atoms with van der Waals surface area (Å²) >= 11 is 0. The van der Waals surface area contributed by atoms with Crippen LogP contribution in [0, 0.1) is 0 Å². The van der Waals surface area contributed by atoms with E-state index in [2.05, 4.69) is 10.6 Å². The Morgan fingerprint density at radius 1 is 1.45 bits per heavy atom. The van der Waals surface area contributed by atoms with Crippen LogP contribution in [0.2, 0.25) is 0 Å². The molecule has 1 saturated carbocycles. The number of hydrogen-bond acceptors (Lipinski definition) is 3. The number of carbonyl (C=O) groups excluding carboxylic acids is 2. The number of carboxylic acid groups (broad SMARTS) is 1. The topological polar surface area (TPSA) is 100 Å². The van der Waals surface area contributed by atoms with Crippen LogP contribution in [0.3, 0.4) is 0 Å². The molecular formula is C13H17N3O4. The molecule has 0 bridgehead atoms. The second-order valence-corrected chi connectivity index (χ2v) is 4.89. The number of nitrogens with one attached hydrogen (secondary N) is 2. The van der Waals surface area contributed by atoms with Crippen molar-refractivity contribution < 1.29 is 19.5 Å². The van der Waals surface area contributed by atoms with Crippen LogP contribution in [0.15, 0.2) is 18.3 Å². The predicted molar refractivity (Wildman–Crippen MR) is 70.2 cm³/mol. The Morgan fingerprint density at radius 2 is 2.15 bits per heavy atom. The molecule has 2 rings (SSSR count). The van der Waals surface area contributed by atoms with E-state index in [1.165, 1.54) is 16.8 Å². The lowest BCUT2D eigenvalue weighted by molar-refractivity contribution is -0.137. The average Bonchev–Trinajstić information content (AvgIpc) is 3.05. The van der Waals surface area contributed by atoms with E-state index in [9.17, 15) is 14.4 Å². The quantitative estimate of drug-likeness (QED) is 0.680. The summed E-state index contributed by atoms with van der Waals surface area (Å²) in [6.07, 6.45) is 3.47. The molecule has 0 aromatic carbocycles. The van der Waals surface area contributed by atoms with Crippen molar-refractivity contribution in [3.05, 3.63) is 24.0 Å². The van der Waals surface area contributed by atoms with Gasteiger partial charge in [0.25, 0.3) is 5.91 Å². The van der Waals surface area contributed by atoms with Crippen molar-refractivity contribution in [2.45, 2.75) is 38.4 Å². The standard InChI is InChI=1S/C13H17N3O4/c1-8(12(19)15-9-4-5-9)14-13(20)10-3-2-6-16(10)7-11(17)18/h2-3,6,8-9H,4-5,7H2,1H3,(H,14,20)(H,15,19)(H,17,18). The van der Waals surface area contributed by atoms with Crippen LogP contribution in [0.25, 0.3) is 0 Å². The Bertz CT molecular complexity index is 533. The van der Waals surface area contributed by atoms with Crippen LogP contribution in [-0.4, -0.2) is 39.5 Å². The number of aromatic nitrogens is 1. The van der Waals surface area contributed by atoms with Crippen molar-refractivity contribution in [1.82, 2.24) is 15.2 Å². The van der Waals surface area contributed by atoms with Gasteiger partial charge in [-0.05, 0) is 31.9 Å². The molecule has 1 aliphatic rings. The van der Waals surface area contributed by atoms with Crippen molar-refractivity contribution in [3.63, 3.8) is 0 Å². The molecule has 7 heteroatoms. The molecule has 1 aliphatic carbocycles. The molecule has 0 radical (unpaired) electrons. The third-order valence-electron chi connectivity index (χ3n) is 3.03. The Balaban J connectivity index is 1.95. The summed E-state index contributed by atoms with van der Waals surface area (Å²) in [5.74, 6) is -1.72. The second-order valence-electron chi connectivity index (χ2n) is 4.89. The zero-order valence-electron chi connectivity index (χ0n) is 11.1. The minimum absolute atomic E-state index is 0.221. The maximum Gasteiger partial charge on any atom is 0.323 e. The Hall–Kier alpha value is -2.31. The van der Waals surface area contributed by atoms with Crippen LogP contribution in [0.5, 0.6) is 0 Å². The molecule has 0 saturated heterocycles. The molecule has 1 atom stereocenters. The molecule has 7 nitrogen and oxygen atoms in total. The van der Waals surface area contributed by atoms with E-state index in [-0.39, 0.29) is 24.2 Å². The highest BCUT2D eigenvalue weighted by Crippen LogP contribution is 2.18. The number of rotatable bonds is 6. The summed E-state index contributed by atoms with van der Waals surface area (Å²) in [6.45, 7) is 1.30. The highest BCUT2D eigenvalue weighted by molar-refractivity contribution is 5.96. The molecule has 1 fully saturated rings. The fourth-order valence-corrected chi connectivity index (χ4v) is 1.79. The molecule has 0 aliphatic heterocycles. The lowest BCUT2D eigenvalue weighted by atomic mass is 10.3. The number of carboxylic acids is 1. The van der Waals surface area contributed by atoms with Gasteiger partial charge in [0.15, 0.2) is 0 Å². The van der Waals surface area contributed by atoms with Crippen LogP contribution in [0.1, 0.15) is 30.3 Å². The van der Waals surface area contributed by atoms with E-state index in [1.54, 1.807) is 13.0 Å². The zero-order valence-corrected chi connectivity index (χ0v) is 11.1. The lowest BCUT2D eigenvalue weighted by Crippen LogP contribution is -2.45. The summed E-state index contributed by atoms with van der Waals surface area (Å²) in [6, 6.07) is 2.69. The highest BCUT2D eigenvalue weighted by atomic mass is 16.4. The first kappa shape index (κ1) is 14.1. The van der Waals surface area contributed by atoms with Gasteiger partial charge < -0.3 is 20.3 Å². The van der Waals surface area contributed by atoms with Crippen molar-refractivity contribution in [3.8, 4) is 0 Å². The number of hydrogen-bond donors (Lipinski definition) is 3. The maximum absolute atomic E-state index is 12.0. The smallest absolute Gasteiger partial charge is 0.323 e. The van der Waals surface area contributed by atoms with Crippen LogP contribution in [0.4, 0.5) is 0 Å². The summed E-state index contributed by atoms with van der Waals surface area (Å²) in [5, 5.41) is 14.1.